The average molecular weight is 529 g/mol. The van der Waals surface area contributed by atoms with E-state index < -0.39 is 30.1 Å². The predicted octanol–water partition coefficient (Wildman–Crippen LogP) is 2.59. The number of aliphatic hydroxyl groups excluding tert-OH is 2. The zero-order valence-electron chi connectivity index (χ0n) is 22.5. The Balaban J connectivity index is 1.75. The van der Waals surface area contributed by atoms with E-state index in [1.165, 1.54) is 7.11 Å². The molecular formula is C29H40N2O7. The summed E-state index contributed by atoms with van der Waals surface area (Å²) < 4.78 is 11.7. The maximum absolute atomic E-state index is 13.7. The van der Waals surface area contributed by atoms with Crippen molar-refractivity contribution in [2.75, 3.05) is 26.8 Å². The summed E-state index contributed by atoms with van der Waals surface area (Å²) in [6.07, 6.45) is 5.92. The Morgan fingerprint density at radius 1 is 1.26 bits per heavy atom. The number of aliphatic hydroxyl groups is 2. The van der Waals surface area contributed by atoms with Crippen LogP contribution in [0.3, 0.4) is 0 Å². The van der Waals surface area contributed by atoms with Crippen LogP contribution in [0.25, 0.3) is 0 Å². The third-order valence-corrected chi connectivity index (χ3v) is 7.98. The summed E-state index contributed by atoms with van der Waals surface area (Å²) in [5.41, 5.74) is 1.28. The Labute approximate surface area is 224 Å². The van der Waals surface area contributed by atoms with Crippen molar-refractivity contribution in [3.63, 3.8) is 0 Å². The van der Waals surface area contributed by atoms with Gasteiger partial charge in [-0.1, -0.05) is 26.7 Å². The molecule has 1 fully saturated rings. The Morgan fingerprint density at radius 2 is 2.00 bits per heavy atom. The van der Waals surface area contributed by atoms with Gasteiger partial charge in [0, 0.05) is 36.2 Å². The van der Waals surface area contributed by atoms with Crippen LogP contribution < -0.4 is 14.8 Å². The van der Waals surface area contributed by atoms with E-state index in [0.29, 0.717) is 59.3 Å². The summed E-state index contributed by atoms with van der Waals surface area (Å²) >= 11 is 0. The number of methoxy groups -OCH3 is 1. The summed E-state index contributed by atoms with van der Waals surface area (Å²) in [5, 5.41) is 23.7. The number of aldehydes is 1. The first kappa shape index (κ1) is 28.1. The molecule has 3 N–H and O–H groups in total. The normalized spacial score (nSPS) is 24.3. The highest BCUT2D eigenvalue weighted by atomic mass is 16.5. The first-order valence-electron chi connectivity index (χ1n) is 13.7. The molecule has 2 amide bonds. The molecule has 1 aromatic carbocycles. The van der Waals surface area contributed by atoms with E-state index in [1.807, 2.05) is 0 Å². The first-order valence-corrected chi connectivity index (χ1v) is 13.7. The van der Waals surface area contributed by atoms with Gasteiger partial charge in [-0.05, 0) is 49.3 Å². The number of hydrogen-bond donors (Lipinski definition) is 3. The Hall–Kier alpha value is -2.91. The minimum Gasteiger partial charge on any atom is -0.493 e. The summed E-state index contributed by atoms with van der Waals surface area (Å²) in [4.78, 5) is 40.4. The van der Waals surface area contributed by atoms with Crippen LogP contribution in [0.4, 0.5) is 0 Å². The first-order chi connectivity index (χ1) is 18.3. The number of rotatable bonds is 11. The molecule has 0 saturated heterocycles. The smallest absolute Gasteiger partial charge is 0.247 e. The number of hydrogen-bond acceptors (Lipinski definition) is 7. The zero-order valence-corrected chi connectivity index (χ0v) is 22.5. The molecule has 0 radical (unpaired) electrons. The van der Waals surface area contributed by atoms with Gasteiger partial charge in [0.25, 0.3) is 0 Å². The Morgan fingerprint density at radius 3 is 2.63 bits per heavy atom. The highest BCUT2D eigenvalue weighted by Gasteiger charge is 2.51. The van der Waals surface area contributed by atoms with Crippen LogP contribution in [0.15, 0.2) is 23.8 Å². The molecule has 0 bridgehead atoms. The fourth-order valence-electron chi connectivity index (χ4n) is 5.97. The molecule has 4 rings (SSSR count). The fourth-order valence-corrected chi connectivity index (χ4v) is 5.97. The SMILES string of the molecule is COc1cc(C=O)cc2c1O[C@@H]1[C@@H](O)[C@H](N(CCC(C)C)C(=O)CC3CCCC3)C=C(C(=O)NCCO)[C@H]21. The highest BCUT2D eigenvalue weighted by molar-refractivity contribution is 5.96. The average Bonchev–Trinajstić information content (AvgIpc) is 3.55. The topological polar surface area (TPSA) is 125 Å². The number of nitrogens with zero attached hydrogens (tertiary/aromatic N) is 1. The van der Waals surface area contributed by atoms with Gasteiger partial charge in [0.05, 0.1) is 25.7 Å². The standard InChI is InChI=1S/C29H40N2O7/c1-17(2)8-10-31(24(34)14-18-6-4-5-7-18)22-15-21(29(36)30-9-11-32)25-20-12-19(16-33)13-23(37-3)27(20)38-28(25)26(22)35/h12-13,15-18,22,25-26,28,32,35H,4-11,14H2,1-3H3,(H,30,36)/t22-,25+,26+,28+/m1/s1. The molecule has 4 atom stereocenters. The van der Waals surface area contributed by atoms with E-state index >= 15 is 0 Å². The van der Waals surface area contributed by atoms with E-state index in [4.69, 9.17) is 9.47 Å². The molecule has 0 aromatic heterocycles. The largest absolute Gasteiger partial charge is 0.493 e. The second-order valence-electron chi connectivity index (χ2n) is 11.0. The van der Waals surface area contributed by atoms with Gasteiger partial charge in [0.2, 0.25) is 11.8 Å². The van der Waals surface area contributed by atoms with Crippen molar-refractivity contribution in [2.45, 2.75) is 76.5 Å². The molecule has 208 valence electrons. The molecule has 0 unspecified atom stereocenters. The van der Waals surface area contributed by atoms with Crippen molar-refractivity contribution in [2.24, 2.45) is 11.8 Å². The molecule has 0 spiro atoms. The third-order valence-electron chi connectivity index (χ3n) is 7.98. The second kappa shape index (κ2) is 12.3. The number of carbonyl (C=O) groups is 3. The van der Waals surface area contributed by atoms with Gasteiger partial charge >= 0.3 is 0 Å². The minimum absolute atomic E-state index is 0.0252. The van der Waals surface area contributed by atoms with Crippen molar-refractivity contribution >= 4 is 18.1 Å². The molecule has 2 aliphatic carbocycles. The van der Waals surface area contributed by atoms with E-state index in [1.54, 1.807) is 23.1 Å². The summed E-state index contributed by atoms with van der Waals surface area (Å²) in [5.74, 6) is 0.297. The second-order valence-corrected chi connectivity index (χ2v) is 11.0. The number of carbonyl (C=O) groups excluding carboxylic acids is 3. The maximum Gasteiger partial charge on any atom is 0.247 e. The number of nitrogens with one attached hydrogen (secondary N) is 1. The monoisotopic (exact) mass is 528 g/mol. The van der Waals surface area contributed by atoms with E-state index in [-0.39, 0.29) is 19.1 Å². The molecule has 1 aliphatic heterocycles. The summed E-state index contributed by atoms with van der Waals surface area (Å²) in [6.45, 7) is 4.46. The van der Waals surface area contributed by atoms with Crippen molar-refractivity contribution < 1.29 is 34.1 Å². The lowest BCUT2D eigenvalue weighted by atomic mass is 9.77. The molecule has 9 nitrogen and oxygen atoms in total. The quantitative estimate of drug-likeness (QED) is 0.377. The van der Waals surface area contributed by atoms with Crippen LogP contribution in [0.2, 0.25) is 0 Å². The van der Waals surface area contributed by atoms with Crippen LogP contribution >= 0.6 is 0 Å². The van der Waals surface area contributed by atoms with Crippen LogP contribution in [0.1, 0.15) is 74.2 Å². The molecular weight excluding hydrogens is 488 g/mol. The molecule has 3 aliphatic rings. The van der Waals surface area contributed by atoms with Gasteiger partial charge in [-0.15, -0.1) is 0 Å². The molecule has 1 saturated carbocycles. The lowest BCUT2D eigenvalue weighted by molar-refractivity contribution is -0.138. The zero-order chi connectivity index (χ0) is 27.4. The molecule has 1 heterocycles. The Bertz CT molecular complexity index is 1060. The van der Waals surface area contributed by atoms with E-state index in [0.717, 1.165) is 32.1 Å². The van der Waals surface area contributed by atoms with Crippen molar-refractivity contribution in [1.29, 1.82) is 0 Å². The van der Waals surface area contributed by atoms with Gasteiger partial charge in [0.1, 0.15) is 18.5 Å². The number of ether oxygens (including phenoxy) is 2. The van der Waals surface area contributed by atoms with Crippen molar-refractivity contribution in [1.82, 2.24) is 10.2 Å². The lowest BCUT2D eigenvalue weighted by Gasteiger charge is -2.41. The van der Waals surface area contributed by atoms with Gasteiger partial charge in [-0.25, -0.2) is 0 Å². The van der Waals surface area contributed by atoms with Crippen LogP contribution in [0.5, 0.6) is 11.5 Å². The van der Waals surface area contributed by atoms with E-state index in [2.05, 4.69) is 19.2 Å². The van der Waals surface area contributed by atoms with Crippen molar-refractivity contribution in [3.8, 4) is 11.5 Å². The number of benzene rings is 1. The van der Waals surface area contributed by atoms with E-state index in [9.17, 15) is 24.6 Å². The molecule has 9 heteroatoms. The highest BCUT2D eigenvalue weighted by Crippen LogP contribution is 2.51. The summed E-state index contributed by atoms with van der Waals surface area (Å²) in [6, 6.07) is 2.45. The van der Waals surface area contributed by atoms with Crippen LogP contribution in [-0.4, -0.2) is 78.3 Å². The van der Waals surface area contributed by atoms with Crippen molar-refractivity contribution in [3.05, 3.63) is 34.9 Å². The van der Waals surface area contributed by atoms with Gasteiger partial charge < -0.3 is 29.9 Å². The lowest BCUT2D eigenvalue weighted by Crippen LogP contribution is -2.56. The number of fused-ring (bicyclic) bond motifs is 3. The summed E-state index contributed by atoms with van der Waals surface area (Å²) in [7, 11) is 1.47. The Kier molecular flexibility index (Phi) is 9.10. The predicted molar refractivity (Wildman–Crippen MR) is 141 cm³/mol. The van der Waals surface area contributed by atoms with Crippen LogP contribution in [0, 0.1) is 11.8 Å². The van der Waals surface area contributed by atoms with Crippen LogP contribution in [-0.2, 0) is 9.59 Å². The minimum atomic E-state index is -1.11. The molecule has 1 aromatic rings. The van der Waals surface area contributed by atoms with Gasteiger partial charge in [0.15, 0.2) is 11.5 Å². The third kappa shape index (κ3) is 5.73. The maximum atomic E-state index is 13.7. The fraction of sp³-hybridized carbons (Fsp3) is 0.621. The molecule has 38 heavy (non-hydrogen) atoms. The van der Waals surface area contributed by atoms with Gasteiger partial charge in [-0.3, -0.25) is 14.4 Å². The van der Waals surface area contributed by atoms with Gasteiger partial charge in [-0.2, -0.15) is 0 Å². The number of amides is 2.